The third kappa shape index (κ3) is 1.91. The van der Waals surface area contributed by atoms with Crippen molar-refractivity contribution in [3.63, 3.8) is 0 Å². The number of hydrazine groups is 1. The first-order valence-electron chi connectivity index (χ1n) is 5.57. The Morgan fingerprint density at radius 1 is 1.29 bits per heavy atom. The number of nitrogens with two attached hydrogens (primary N) is 1. The second kappa shape index (κ2) is 4.41. The average Bonchev–Trinajstić information content (AvgIpc) is 2.78. The molecule has 3 nitrogen and oxygen atoms in total. The number of nitrogens with one attached hydrogen (secondary N) is 1. The molecule has 1 saturated carbocycles. The first-order chi connectivity index (χ1) is 8.10. The van der Waals surface area contributed by atoms with E-state index in [9.17, 15) is 13.6 Å². The molecule has 0 spiro atoms. The minimum Gasteiger partial charge on any atom is -0.293 e. The Labute approximate surface area is 98.0 Å². The molecule has 0 heterocycles. The number of carbonyl (C=O) groups excluding carboxylic acids is 1. The van der Waals surface area contributed by atoms with Crippen molar-refractivity contribution in [1.29, 1.82) is 0 Å². The first kappa shape index (κ1) is 12.0. The SMILES string of the molecule is NNC(=O)C1(c2ccc(F)cc2F)CCCC1. The largest absolute Gasteiger partial charge is 0.293 e. The molecular weight excluding hydrogens is 226 g/mol. The molecule has 1 aromatic carbocycles. The van der Waals surface area contributed by atoms with Crippen molar-refractivity contribution in [1.82, 2.24) is 5.43 Å². The summed E-state index contributed by atoms with van der Waals surface area (Å²) in [6.07, 6.45) is 2.76. The van der Waals surface area contributed by atoms with Gasteiger partial charge in [0.15, 0.2) is 0 Å². The number of hydrogen-bond donors (Lipinski definition) is 2. The van der Waals surface area contributed by atoms with Crippen molar-refractivity contribution < 1.29 is 13.6 Å². The van der Waals surface area contributed by atoms with E-state index >= 15 is 0 Å². The van der Waals surface area contributed by atoms with Crippen molar-refractivity contribution >= 4 is 5.91 Å². The second-order valence-corrected chi connectivity index (χ2v) is 4.39. The zero-order chi connectivity index (χ0) is 12.5. The number of carbonyl (C=O) groups is 1. The molecule has 17 heavy (non-hydrogen) atoms. The van der Waals surface area contributed by atoms with Gasteiger partial charge in [0.2, 0.25) is 5.91 Å². The second-order valence-electron chi connectivity index (χ2n) is 4.39. The number of amides is 1. The fourth-order valence-electron chi connectivity index (χ4n) is 2.61. The summed E-state index contributed by atoms with van der Waals surface area (Å²) < 4.78 is 26.7. The Morgan fingerprint density at radius 3 is 2.47 bits per heavy atom. The fraction of sp³-hybridized carbons (Fsp3) is 0.417. The van der Waals surface area contributed by atoms with Crippen molar-refractivity contribution in [3.05, 3.63) is 35.4 Å². The molecule has 92 valence electrons. The first-order valence-corrected chi connectivity index (χ1v) is 5.57. The summed E-state index contributed by atoms with van der Waals surface area (Å²) in [5.41, 5.74) is 1.39. The van der Waals surface area contributed by atoms with Crippen LogP contribution in [0.5, 0.6) is 0 Å². The van der Waals surface area contributed by atoms with Crippen molar-refractivity contribution in [2.24, 2.45) is 5.84 Å². The molecule has 0 aliphatic heterocycles. The molecule has 0 unspecified atom stereocenters. The summed E-state index contributed by atoms with van der Waals surface area (Å²) >= 11 is 0. The van der Waals surface area contributed by atoms with Gasteiger partial charge in [-0.15, -0.1) is 0 Å². The predicted molar refractivity (Wildman–Crippen MR) is 58.8 cm³/mol. The molecule has 2 rings (SSSR count). The highest BCUT2D eigenvalue weighted by molar-refractivity contribution is 5.88. The Morgan fingerprint density at radius 2 is 1.94 bits per heavy atom. The molecule has 0 aromatic heterocycles. The number of benzene rings is 1. The Kier molecular flexibility index (Phi) is 3.11. The lowest BCUT2D eigenvalue weighted by Crippen LogP contribution is -2.46. The molecule has 1 aliphatic carbocycles. The smallest absolute Gasteiger partial charge is 0.244 e. The van der Waals surface area contributed by atoms with Gasteiger partial charge in [0.1, 0.15) is 11.6 Å². The van der Waals surface area contributed by atoms with Gasteiger partial charge in [0, 0.05) is 11.6 Å². The summed E-state index contributed by atoms with van der Waals surface area (Å²) in [6.45, 7) is 0. The molecule has 0 bridgehead atoms. The standard InChI is InChI=1S/C12H14F2N2O/c13-8-3-4-9(10(14)7-8)12(11(17)16-15)5-1-2-6-12/h3-4,7H,1-2,5-6,15H2,(H,16,17). The summed E-state index contributed by atoms with van der Waals surface area (Å²) in [5, 5.41) is 0. The van der Waals surface area contributed by atoms with E-state index in [1.165, 1.54) is 12.1 Å². The molecule has 1 amide bonds. The maximum absolute atomic E-state index is 13.8. The van der Waals surface area contributed by atoms with Crippen molar-refractivity contribution in [2.45, 2.75) is 31.1 Å². The van der Waals surface area contributed by atoms with Crippen LogP contribution in [0.4, 0.5) is 8.78 Å². The monoisotopic (exact) mass is 240 g/mol. The zero-order valence-electron chi connectivity index (χ0n) is 9.30. The minimum atomic E-state index is -0.938. The Balaban J connectivity index is 2.49. The zero-order valence-corrected chi connectivity index (χ0v) is 9.30. The molecule has 1 fully saturated rings. The number of rotatable bonds is 2. The van der Waals surface area contributed by atoms with Gasteiger partial charge in [-0.3, -0.25) is 10.2 Å². The van der Waals surface area contributed by atoms with Gasteiger partial charge in [-0.1, -0.05) is 18.9 Å². The van der Waals surface area contributed by atoms with E-state index in [0.29, 0.717) is 12.8 Å². The van der Waals surface area contributed by atoms with Gasteiger partial charge in [0.25, 0.3) is 0 Å². The van der Waals surface area contributed by atoms with Crippen molar-refractivity contribution in [2.75, 3.05) is 0 Å². The van der Waals surface area contributed by atoms with Gasteiger partial charge in [-0.05, 0) is 18.9 Å². The molecule has 5 heteroatoms. The molecule has 1 aliphatic rings. The lowest BCUT2D eigenvalue weighted by molar-refractivity contribution is -0.126. The minimum absolute atomic E-state index is 0.236. The van der Waals surface area contributed by atoms with E-state index in [0.717, 1.165) is 18.9 Å². The Bertz CT molecular complexity index is 442. The van der Waals surface area contributed by atoms with E-state index < -0.39 is 23.0 Å². The van der Waals surface area contributed by atoms with Gasteiger partial charge in [-0.25, -0.2) is 14.6 Å². The molecule has 1 aromatic rings. The van der Waals surface area contributed by atoms with Crippen LogP contribution in [-0.2, 0) is 10.2 Å². The highest BCUT2D eigenvalue weighted by atomic mass is 19.1. The van der Waals surface area contributed by atoms with Gasteiger partial charge >= 0.3 is 0 Å². The van der Waals surface area contributed by atoms with E-state index in [4.69, 9.17) is 5.84 Å². The quantitative estimate of drug-likeness (QED) is 0.470. The third-order valence-corrected chi connectivity index (χ3v) is 3.47. The fourth-order valence-corrected chi connectivity index (χ4v) is 2.61. The normalized spacial score (nSPS) is 18.1. The third-order valence-electron chi connectivity index (χ3n) is 3.47. The van der Waals surface area contributed by atoms with Gasteiger partial charge in [-0.2, -0.15) is 0 Å². The summed E-state index contributed by atoms with van der Waals surface area (Å²) in [7, 11) is 0. The van der Waals surface area contributed by atoms with Gasteiger partial charge < -0.3 is 0 Å². The highest BCUT2D eigenvalue weighted by Crippen LogP contribution is 2.42. The van der Waals surface area contributed by atoms with Crippen LogP contribution < -0.4 is 11.3 Å². The number of hydrogen-bond acceptors (Lipinski definition) is 2. The van der Waals surface area contributed by atoms with Crippen LogP contribution in [0.2, 0.25) is 0 Å². The topological polar surface area (TPSA) is 55.1 Å². The highest BCUT2D eigenvalue weighted by Gasteiger charge is 2.44. The summed E-state index contributed by atoms with van der Waals surface area (Å²) in [5.74, 6) is 3.43. The van der Waals surface area contributed by atoms with Crippen LogP contribution in [-0.4, -0.2) is 5.91 Å². The van der Waals surface area contributed by atoms with Gasteiger partial charge in [0.05, 0.1) is 5.41 Å². The maximum atomic E-state index is 13.8. The molecule has 0 saturated heterocycles. The molecule has 0 atom stereocenters. The van der Waals surface area contributed by atoms with E-state index in [1.54, 1.807) is 0 Å². The maximum Gasteiger partial charge on any atom is 0.244 e. The van der Waals surface area contributed by atoms with Crippen LogP contribution in [0.1, 0.15) is 31.2 Å². The van der Waals surface area contributed by atoms with E-state index in [-0.39, 0.29) is 5.56 Å². The lowest BCUT2D eigenvalue weighted by atomic mass is 9.78. The lowest BCUT2D eigenvalue weighted by Gasteiger charge is -2.27. The summed E-state index contributed by atoms with van der Waals surface area (Å²) in [6, 6.07) is 3.31. The van der Waals surface area contributed by atoms with E-state index in [2.05, 4.69) is 5.43 Å². The van der Waals surface area contributed by atoms with Crippen molar-refractivity contribution in [3.8, 4) is 0 Å². The van der Waals surface area contributed by atoms with E-state index in [1.807, 2.05) is 0 Å². The predicted octanol–water partition coefficient (Wildman–Crippen LogP) is 1.77. The molecule has 0 radical (unpaired) electrons. The van der Waals surface area contributed by atoms with Crippen LogP contribution in [0.15, 0.2) is 18.2 Å². The Hall–Kier alpha value is -1.49. The van der Waals surface area contributed by atoms with Crippen LogP contribution in [0.25, 0.3) is 0 Å². The number of halogens is 2. The summed E-state index contributed by atoms with van der Waals surface area (Å²) in [4.78, 5) is 11.9. The van der Waals surface area contributed by atoms with Crippen LogP contribution in [0.3, 0.4) is 0 Å². The van der Waals surface area contributed by atoms with Crippen LogP contribution >= 0.6 is 0 Å². The molecular formula is C12H14F2N2O. The average molecular weight is 240 g/mol. The molecule has 3 N–H and O–H groups in total. The van der Waals surface area contributed by atoms with Crippen LogP contribution in [0, 0.1) is 11.6 Å².